The van der Waals surface area contributed by atoms with Crippen molar-refractivity contribution < 1.29 is 4.79 Å². The van der Waals surface area contributed by atoms with E-state index in [1.165, 1.54) is 16.9 Å². The second-order valence-corrected chi connectivity index (χ2v) is 7.24. The highest BCUT2D eigenvalue weighted by Gasteiger charge is 2.14. The Kier molecular flexibility index (Phi) is 5.51. The number of likely N-dealkylation sites (N-methyl/N-ethyl adjacent to an activating group) is 1. The Labute approximate surface area is 156 Å². The Morgan fingerprint density at radius 2 is 1.88 bits per heavy atom. The van der Waals surface area contributed by atoms with Crippen LogP contribution >= 0.6 is 22.9 Å². The van der Waals surface area contributed by atoms with Gasteiger partial charge in [0.25, 0.3) is 0 Å². The summed E-state index contributed by atoms with van der Waals surface area (Å²) >= 11 is 7.73. The number of hydrogen-bond acceptors (Lipinski definition) is 3. The van der Waals surface area contributed by atoms with Crippen LogP contribution < -0.4 is 0 Å². The van der Waals surface area contributed by atoms with Crippen LogP contribution in [0.1, 0.15) is 16.8 Å². The molecule has 0 N–H and O–H groups in total. The smallest absolute Gasteiger partial charge is 0.228 e. The maximum Gasteiger partial charge on any atom is 0.228 e. The number of thiazole rings is 1. The lowest BCUT2D eigenvalue weighted by atomic mass is 10.1. The molecule has 3 nitrogen and oxygen atoms in total. The molecule has 3 aromatic rings. The molecule has 128 valence electrons. The summed E-state index contributed by atoms with van der Waals surface area (Å²) in [4.78, 5) is 18.8. The minimum atomic E-state index is 0.0549. The maximum atomic E-state index is 12.5. The Hall–Kier alpha value is -2.17. The van der Waals surface area contributed by atoms with E-state index in [2.05, 4.69) is 24.0 Å². The Morgan fingerprint density at radius 1 is 1.16 bits per heavy atom. The van der Waals surface area contributed by atoms with Crippen molar-refractivity contribution in [1.29, 1.82) is 0 Å². The molecule has 0 atom stereocenters. The Bertz CT molecular complexity index is 891. The molecule has 0 radical (unpaired) electrons. The lowest BCUT2D eigenvalue weighted by Crippen LogP contribution is -2.28. The van der Waals surface area contributed by atoms with E-state index in [9.17, 15) is 4.79 Å². The van der Waals surface area contributed by atoms with Crippen LogP contribution in [0.5, 0.6) is 0 Å². The molecular weight excluding hydrogens is 352 g/mol. The zero-order valence-electron chi connectivity index (χ0n) is 14.2. The third-order valence-electron chi connectivity index (χ3n) is 4.08. The van der Waals surface area contributed by atoms with Gasteiger partial charge in [-0.15, -0.1) is 11.3 Å². The lowest BCUT2D eigenvalue weighted by Gasteiger charge is -2.18. The van der Waals surface area contributed by atoms with Crippen molar-refractivity contribution in [2.45, 2.75) is 19.9 Å². The summed E-state index contributed by atoms with van der Waals surface area (Å²) in [6, 6.07) is 15.7. The van der Waals surface area contributed by atoms with Crippen LogP contribution in [-0.4, -0.2) is 22.8 Å². The number of hydrogen-bond donors (Lipinski definition) is 0. The fraction of sp³-hybridized carbons (Fsp3) is 0.200. The SMILES string of the molecule is Cc1ccccc1CN(C)C(=O)Cc1csc(-c2ccccc2Cl)n1. The molecule has 1 amide bonds. The molecule has 5 heteroatoms. The molecule has 3 rings (SSSR count). The second kappa shape index (κ2) is 7.81. The lowest BCUT2D eigenvalue weighted by molar-refractivity contribution is -0.129. The Balaban J connectivity index is 1.67. The average Bonchev–Trinajstić information content (AvgIpc) is 3.05. The van der Waals surface area contributed by atoms with Crippen LogP contribution in [0.3, 0.4) is 0 Å². The van der Waals surface area contributed by atoms with E-state index < -0.39 is 0 Å². The highest BCUT2D eigenvalue weighted by Crippen LogP contribution is 2.30. The van der Waals surface area contributed by atoms with Gasteiger partial charge in [-0.05, 0) is 24.1 Å². The van der Waals surface area contributed by atoms with Crippen molar-refractivity contribution in [3.63, 3.8) is 0 Å². The fourth-order valence-corrected chi connectivity index (χ4v) is 3.71. The number of nitrogens with zero attached hydrogens (tertiary/aromatic N) is 2. The number of carbonyl (C=O) groups is 1. The van der Waals surface area contributed by atoms with Crippen LogP contribution in [0.15, 0.2) is 53.9 Å². The number of carbonyl (C=O) groups excluding carboxylic acids is 1. The van der Waals surface area contributed by atoms with E-state index in [0.29, 0.717) is 18.0 Å². The monoisotopic (exact) mass is 370 g/mol. The quantitative estimate of drug-likeness (QED) is 0.635. The van der Waals surface area contributed by atoms with Crippen LogP contribution in [0, 0.1) is 6.92 Å². The van der Waals surface area contributed by atoms with Gasteiger partial charge in [-0.2, -0.15) is 0 Å². The largest absolute Gasteiger partial charge is 0.341 e. The van der Waals surface area contributed by atoms with Crippen LogP contribution in [0.2, 0.25) is 5.02 Å². The van der Waals surface area contributed by atoms with Gasteiger partial charge in [-0.3, -0.25) is 4.79 Å². The molecule has 0 saturated heterocycles. The highest BCUT2D eigenvalue weighted by atomic mass is 35.5. The number of aromatic nitrogens is 1. The maximum absolute atomic E-state index is 12.5. The van der Waals surface area contributed by atoms with Gasteiger partial charge in [-0.25, -0.2) is 4.98 Å². The number of benzene rings is 2. The molecule has 0 fully saturated rings. The van der Waals surface area contributed by atoms with Gasteiger partial charge in [0, 0.05) is 24.5 Å². The first-order chi connectivity index (χ1) is 12.0. The molecule has 0 bridgehead atoms. The number of rotatable bonds is 5. The molecule has 1 heterocycles. The van der Waals surface area contributed by atoms with Crippen molar-refractivity contribution in [2.24, 2.45) is 0 Å². The number of aryl methyl sites for hydroxylation is 1. The topological polar surface area (TPSA) is 33.2 Å². The van der Waals surface area contributed by atoms with Gasteiger partial charge < -0.3 is 4.90 Å². The summed E-state index contributed by atoms with van der Waals surface area (Å²) in [6.45, 7) is 2.66. The Morgan fingerprint density at radius 3 is 2.64 bits per heavy atom. The van der Waals surface area contributed by atoms with Crippen LogP contribution in [0.4, 0.5) is 0 Å². The zero-order valence-corrected chi connectivity index (χ0v) is 15.8. The molecule has 0 saturated carbocycles. The molecular formula is C20H19ClN2OS. The minimum Gasteiger partial charge on any atom is -0.341 e. The van der Waals surface area contributed by atoms with Crippen molar-refractivity contribution in [3.05, 3.63) is 75.8 Å². The molecule has 0 unspecified atom stereocenters. The van der Waals surface area contributed by atoms with Gasteiger partial charge >= 0.3 is 0 Å². The van der Waals surface area contributed by atoms with E-state index in [4.69, 9.17) is 11.6 Å². The van der Waals surface area contributed by atoms with Gasteiger partial charge in [-0.1, -0.05) is 54.1 Å². The van der Waals surface area contributed by atoms with Crippen molar-refractivity contribution in [3.8, 4) is 10.6 Å². The zero-order chi connectivity index (χ0) is 17.8. The molecule has 0 aliphatic rings. The third kappa shape index (κ3) is 4.27. The van der Waals surface area contributed by atoms with E-state index >= 15 is 0 Å². The van der Waals surface area contributed by atoms with Crippen LogP contribution in [0.25, 0.3) is 10.6 Å². The number of halogens is 1. The summed E-state index contributed by atoms with van der Waals surface area (Å²) < 4.78 is 0. The van der Waals surface area contributed by atoms with Gasteiger partial charge in [0.05, 0.1) is 17.1 Å². The van der Waals surface area contributed by atoms with Crippen molar-refractivity contribution >= 4 is 28.8 Å². The molecule has 0 aliphatic carbocycles. The average molecular weight is 371 g/mol. The van der Waals surface area contributed by atoms with E-state index in [1.807, 2.05) is 48.8 Å². The first-order valence-corrected chi connectivity index (χ1v) is 9.28. The molecule has 0 spiro atoms. The first kappa shape index (κ1) is 17.6. The van der Waals surface area contributed by atoms with E-state index in [1.54, 1.807) is 4.90 Å². The van der Waals surface area contributed by atoms with E-state index in [-0.39, 0.29) is 5.91 Å². The predicted octanol–water partition coefficient (Wildman–Crippen LogP) is 4.97. The van der Waals surface area contributed by atoms with E-state index in [0.717, 1.165) is 21.8 Å². The first-order valence-electron chi connectivity index (χ1n) is 8.02. The minimum absolute atomic E-state index is 0.0549. The van der Waals surface area contributed by atoms with Crippen molar-refractivity contribution in [1.82, 2.24) is 9.88 Å². The predicted molar refractivity (Wildman–Crippen MR) is 104 cm³/mol. The molecule has 0 aliphatic heterocycles. The van der Waals surface area contributed by atoms with Crippen molar-refractivity contribution in [2.75, 3.05) is 7.05 Å². The van der Waals surface area contributed by atoms with Gasteiger partial charge in [0.2, 0.25) is 5.91 Å². The summed E-state index contributed by atoms with van der Waals surface area (Å²) in [6.07, 6.45) is 0.295. The van der Waals surface area contributed by atoms with Gasteiger partial charge in [0.15, 0.2) is 0 Å². The summed E-state index contributed by atoms with van der Waals surface area (Å²) in [5, 5.41) is 3.44. The summed E-state index contributed by atoms with van der Waals surface area (Å²) in [5.41, 5.74) is 4.04. The molecule has 25 heavy (non-hydrogen) atoms. The van der Waals surface area contributed by atoms with Crippen LogP contribution in [-0.2, 0) is 17.8 Å². The summed E-state index contributed by atoms with van der Waals surface area (Å²) in [7, 11) is 1.83. The van der Waals surface area contributed by atoms with Gasteiger partial charge in [0.1, 0.15) is 5.01 Å². The normalized spacial score (nSPS) is 10.7. The molecule has 1 aromatic heterocycles. The molecule has 2 aromatic carbocycles. The standard InChI is InChI=1S/C20H19ClN2OS/c1-14-7-3-4-8-15(14)12-23(2)19(24)11-16-13-25-20(22-16)17-9-5-6-10-18(17)21/h3-10,13H,11-12H2,1-2H3. The number of amides is 1. The summed E-state index contributed by atoms with van der Waals surface area (Å²) in [5.74, 6) is 0.0549. The fourth-order valence-electron chi connectivity index (χ4n) is 2.57. The second-order valence-electron chi connectivity index (χ2n) is 5.98. The third-order valence-corrected chi connectivity index (χ3v) is 5.34. The highest BCUT2D eigenvalue weighted by molar-refractivity contribution is 7.13.